The van der Waals surface area contributed by atoms with Gasteiger partial charge in [0.1, 0.15) is 5.75 Å². The van der Waals surface area contributed by atoms with Gasteiger partial charge in [0, 0.05) is 24.9 Å². The van der Waals surface area contributed by atoms with Crippen molar-refractivity contribution in [3.05, 3.63) is 54.4 Å². The number of fused-ring (bicyclic) bond motifs is 1. The maximum absolute atomic E-state index is 8.85. The van der Waals surface area contributed by atoms with Crippen LogP contribution < -0.4 is 4.74 Å². The molecular weight excluding hydrogens is 242 g/mol. The van der Waals surface area contributed by atoms with Crippen molar-refractivity contribution in [2.24, 2.45) is 0 Å². The van der Waals surface area contributed by atoms with Crippen molar-refractivity contribution < 1.29 is 9.84 Å². The van der Waals surface area contributed by atoms with E-state index in [2.05, 4.69) is 10.1 Å². The van der Waals surface area contributed by atoms with Crippen LogP contribution >= 0.6 is 0 Å². The number of nitrogens with zero attached hydrogens (tertiary/aromatic N) is 3. The maximum atomic E-state index is 8.85. The molecule has 0 atom stereocenters. The number of benzene rings is 1. The van der Waals surface area contributed by atoms with E-state index in [0.717, 1.165) is 17.0 Å². The van der Waals surface area contributed by atoms with E-state index in [1.165, 1.54) is 0 Å². The minimum absolute atomic E-state index is 0.152. The summed E-state index contributed by atoms with van der Waals surface area (Å²) in [6, 6.07) is 11.2. The first-order chi connectivity index (χ1) is 9.35. The zero-order valence-corrected chi connectivity index (χ0v) is 10.2. The number of hydrogen-bond donors (Lipinski definition) is 1. The predicted molar refractivity (Wildman–Crippen MR) is 70.3 cm³/mol. The number of aliphatic hydroxyl groups excluding tert-OH is 1. The molecule has 3 aromatic rings. The van der Waals surface area contributed by atoms with Crippen LogP contribution in [0.3, 0.4) is 0 Å². The molecule has 0 spiro atoms. The van der Waals surface area contributed by atoms with Crippen molar-refractivity contribution in [2.75, 3.05) is 6.61 Å². The Morgan fingerprint density at radius 3 is 2.74 bits per heavy atom. The lowest BCUT2D eigenvalue weighted by atomic mass is 10.1. The fraction of sp³-hybridized carbons (Fsp3) is 0.143. The van der Waals surface area contributed by atoms with E-state index < -0.39 is 0 Å². The van der Waals surface area contributed by atoms with Gasteiger partial charge in [-0.2, -0.15) is 10.1 Å². The molecule has 96 valence electrons. The molecule has 0 bridgehead atoms. The molecule has 5 nitrogen and oxygen atoms in total. The Hall–Kier alpha value is -2.40. The topological polar surface area (TPSA) is 59.7 Å². The number of rotatable bonds is 4. The smallest absolute Gasteiger partial charge is 0.222 e. The molecule has 0 aliphatic heterocycles. The largest absolute Gasteiger partial charge is 0.439 e. The molecule has 0 amide bonds. The Balaban J connectivity index is 1.79. The second-order valence-corrected chi connectivity index (χ2v) is 4.12. The summed E-state index contributed by atoms with van der Waals surface area (Å²) < 4.78 is 7.35. The van der Waals surface area contributed by atoms with E-state index in [4.69, 9.17) is 9.84 Å². The Morgan fingerprint density at radius 2 is 1.95 bits per heavy atom. The average molecular weight is 255 g/mol. The van der Waals surface area contributed by atoms with Crippen LogP contribution in [0.1, 0.15) is 5.56 Å². The summed E-state index contributed by atoms with van der Waals surface area (Å²) in [5.41, 5.74) is 1.82. The zero-order chi connectivity index (χ0) is 13.1. The van der Waals surface area contributed by atoms with Gasteiger partial charge in [-0.3, -0.25) is 0 Å². The van der Waals surface area contributed by atoms with E-state index in [-0.39, 0.29) is 6.61 Å². The highest BCUT2D eigenvalue weighted by Gasteiger charge is 2.01. The highest BCUT2D eigenvalue weighted by atomic mass is 16.5. The first kappa shape index (κ1) is 11.7. The van der Waals surface area contributed by atoms with Crippen LogP contribution in [0.4, 0.5) is 0 Å². The molecule has 5 heteroatoms. The van der Waals surface area contributed by atoms with Crippen LogP contribution in [-0.4, -0.2) is 26.3 Å². The molecule has 2 aromatic heterocycles. The lowest BCUT2D eigenvalue weighted by molar-refractivity contribution is 0.299. The van der Waals surface area contributed by atoms with E-state index in [1.807, 2.05) is 30.3 Å². The van der Waals surface area contributed by atoms with Crippen molar-refractivity contribution in [1.82, 2.24) is 14.6 Å². The number of ether oxygens (including phenoxy) is 1. The van der Waals surface area contributed by atoms with E-state index >= 15 is 0 Å². The normalized spacial score (nSPS) is 10.8. The molecule has 0 unspecified atom stereocenters. The van der Waals surface area contributed by atoms with E-state index in [1.54, 1.807) is 23.0 Å². The van der Waals surface area contributed by atoms with Crippen molar-refractivity contribution in [2.45, 2.75) is 6.42 Å². The van der Waals surface area contributed by atoms with Gasteiger partial charge in [-0.25, -0.2) is 4.52 Å². The summed E-state index contributed by atoms with van der Waals surface area (Å²) in [4.78, 5) is 4.33. The van der Waals surface area contributed by atoms with Gasteiger partial charge in [0.05, 0.1) is 6.20 Å². The van der Waals surface area contributed by atoms with Crippen molar-refractivity contribution in [3.8, 4) is 11.6 Å². The monoisotopic (exact) mass is 255 g/mol. The van der Waals surface area contributed by atoms with Crippen LogP contribution in [0, 0.1) is 0 Å². The van der Waals surface area contributed by atoms with Crippen molar-refractivity contribution in [3.63, 3.8) is 0 Å². The van der Waals surface area contributed by atoms with Crippen LogP contribution in [-0.2, 0) is 6.42 Å². The maximum Gasteiger partial charge on any atom is 0.222 e. The molecule has 0 aliphatic rings. The second-order valence-electron chi connectivity index (χ2n) is 4.12. The first-order valence-electron chi connectivity index (χ1n) is 6.03. The Bertz CT molecular complexity index is 676. The van der Waals surface area contributed by atoms with Gasteiger partial charge in [-0.15, -0.1) is 0 Å². The molecule has 19 heavy (non-hydrogen) atoms. The van der Waals surface area contributed by atoms with Gasteiger partial charge in [-0.05, 0) is 24.1 Å². The lowest BCUT2D eigenvalue weighted by Gasteiger charge is -2.05. The third-order valence-electron chi connectivity index (χ3n) is 2.78. The molecule has 0 aliphatic carbocycles. The molecule has 0 saturated carbocycles. The average Bonchev–Trinajstić information content (AvgIpc) is 2.89. The quantitative estimate of drug-likeness (QED) is 0.775. The zero-order valence-electron chi connectivity index (χ0n) is 10.2. The van der Waals surface area contributed by atoms with Crippen LogP contribution in [0.15, 0.2) is 48.8 Å². The van der Waals surface area contributed by atoms with Gasteiger partial charge in [-0.1, -0.05) is 12.1 Å². The second kappa shape index (κ2) is 5.07. The van der Waals surface area contributed by atoms with Gasteiger partial charge < -0.3 is 9.84 Å². The Labute approximate surface area is 110 Å². The van der Waals surface area contributed by atoms with E-state index in [9.17, 15) is 0 Å². The Morgan fingerprint density at radius 1 is 1.11 bits per heavy atom. The highest BCUT2D eigenvalue weighted by Crippen LogP contribution is 2.20. The van der Waals surface area contributed by atoms with Crippen LogP contribution in [0.5, 0.6) is 11.6 Å². The molecule has 0 fully saturated rings. The summed E-state index contributed by atoms with van der Waals surface area (Å²) in [6.07, 6.45) is 4.15. The number of aromatic nitrogens is 3. The number of hydrogen-bond acceptors (Lipinski definition) is 4. The third kappa shape index (κ3) is 2.56. The molecule has 1 N–H and O–H groups in total. The lowest BCUT2D eigenvalue weighted by Crippen LogP contribution is -1.94. The fourth-order valence-corrected chi connectivity index (χ4v) is 1.83. The van der Waals surface area contributed by atoms with Gasteiger partial charge in [0.15, 0.2) is 5.65 Å². The van der Waals surface area contributed by atoms with Gasteiger partial charge in [0.25, 0.3) is 0 Å². The van der Waals surface area contributed by atoms with Crippen LogP contribution in [0.2, 0.25) is 0 Å². The summed E-state index contributed by atoms with van der Waals surface area (Å²) in [7, 11) is 0. The van der Waals surface area contributed by atoms with Crippen molar-refractivity contribution >= 4 is 5.65 Å². The van der Waals surface area contributed by atoms with Gasteiger partial charge in [0.2, 0.25) is 5.88 Å². The molecule has 2 heterocycles. The number of aliphatic hydroxyl groups is 1. The minimum atomic E-state index is 0.152. The van der Waals surface area contributed by atoms with Crippen LogP contribution in [0.25, 0.3) is 5.65 Å². The predicted octanol–water partition coefficient (Wildman–Crippen LogP) is 2.06. The van der Waals surface area contributed by atoms with Gasteiger partial charge >= 0.3 is 0 Å². The summed E-state index contributed by atoms with van der Waals surface area (Å²) in [5.74, 6) is 1.25. The summed E-state index contributed by atoms with van der Waals surface area (Å²) in [5, 5.41) is 12.9. The third-order valence-corrected chi connectivity index (χ3v) is 2.78. The standard InChI is InChI=1S/C14H13N3O2/c18-10-7-11-1-3-12(4-2-11)19-14-6-9-17-13(16-14)5-8-15-17/h1-6,8-9,18H,7,10H2. The molecule has 0 radical (unpaired) electrons. The first-order valence-corrected chi connectivity index (χ1v) is 6.03. The summed E-state index contributed by atoms with van der Waals surface area (Å²) in [6.45, 7) is 0.152. The fourth-order valence-electron chi connectivity index (χ4n) is 1.83. The van der Waals surface area contributed by atoms with E-state index in [0.29, 0.717) is 12.3 Å². The molecular formula is C14H13N3O2. The minimum Gasteiger partial charge on any atom is -0.439 e. The van der Waals surface area contributed by atoms with Crippen molar-refractivity contribution in [1.29, 1.82) is 0 Å². The molecule has 0 saturated heterocycles. The summed E-state index contributed by atoms with van der Waals surface area (Å²) >= 11 is 0. The Kier molecular flexibility index (Phi) is 3.12. The highest BCUT2D eigenvalue weighted by molar-refractivity contribution is 5.39. The molecule has 3 rings (SSSR count). The SMILES string of the molecule is OCCc1ccc(Oc2ccn3nccc3n2)cc1. The molecule has 1 aromatic carbocycles.